The molecular formula is C21H23FN2O2. The lowest BCUT2D eigenvalue weighted by Gasteiger charge is -2.32. The smallest absolute Gasteiger partial charge is 0.223 e. The van der Waals surface area contributed by atoms with Crippen molar-refractivity contribution in [1.82, 2.24) is 9.88 Å². The van der Waals surface area contributed by atoms with Gasteiger partial charge in [-0.1, -0.05) is 12.1 Å². The summed E-state index contributed by atoms with van der Waals surface area (Å²) in [5.74, 6) is 0.302. The van der Waals surface area contributed by atoms with Crippen molar-refractivity contribution >= 4 is 11.7 Å². The van der Waals surface area contributed by atoms with Gasteiger partial charge in [-0.25, -0.2) is 4.39 Å². The Kier molecular flexibility index (Phi) is 6.10. The molecule has 0 aliphatic carbocycles. The average Bonchev–Trinajstić information content (AvgIpc) is 2.69. The van der Waals surface area contributed by atoms with E-state index in [1.807, 2.05) is 17.0 Å². The van der Waals surface area contributed by atoms with E-state index in [0.29, 0.717) is 11.5 Å². The van der Waals surface area contributed by atoms with E-state index in [0.717, 1.165) is 37.9 Å². The van der Waals surface area contributed by atoms with E-state index >= 15 is 0 Å². The first kappa shape index (κ1) is 18.2. The number of carbonyl (C=O) groups excluding carboxylic acids is 2. The van der Waals surface area contributed by atoms with Gasteiger partial charge >= 0.3 is 0 Å². The van der Waals surface area contributed by atoms with Crippen molar-refractivity contribution in [2.24, 2.45) is 5.92 Å². The van der Waals surface area contributed by atoms with Crippen LogP contribution in [0.1, 0.15) is 41.6 Å². The van der Waals surface area contributed by atoms with E-state index < -0.39 is 0 Å². The van der Waals surface area contributed by atoms with Crippen molar-refractivity contribution in [2.45, 2.75) is 32.1 Å². The van der Waals surface area contributed by atoms with Crippen LogP contribution < -0.4 is 0 Å². The van der Waals surface area contributed by atoms with E-state index in [-0.39, 0.29) is 30.3 Å². The number of likely N-dealkylation sites (tertiary alicyclic amines) is 1. The van der Waals surface area contributed by atoms with Gasteiger partial charge < -0.3 is 4.90 Å². The number of ketones is 1. The van der Waals surface area contributed by atoms with Crippen LogP contribution in [0.2, 0.25) is 0 Å². The summed E-state index contributed by atoms with van der Waals surface area (Å²) in [4.78, 5) is 30.2. The van der Waals surface area contributed by atoms with Crippen molar-refractivity contribution < 1.29 is 14.0 Å². The Morgan fingerprint density at radius 2 is 1.81 bits per heavy atom. The predicted octanol–water partition coefficient (Wildman–Crippen LogP) is 3.66. The highest BCUT2D eigenvalue weighted by molar-refractivity contribution is 5.97. The normalized spacial score (nSPS) is 15.0. The zero-order chi connectivity index (χ0) is 18.4. The number of Topliss-reactive ketones (excluding diaryl/α,β-unsaturated/α-hetero) is 1. The number of carbonyl (C=O) groups is 2. The molecule has 1 aromatic carbocycles. The second-order valence-electron chi connectivity index (χ2n) is 6.82. The number of hydrogen-bond donors (Lipinski definition) is 0. The van der Waals surface area contributed by atoms with E-state index in [1.165, 1.54) is 18.3 Å². The van der Waals surface area contributed by atoms with Gasteiger partial charge in [0.25, 0.3) is 0 Å². The zero-order valence-electron chi connectivity index (χ0n) is 14.7. The summed E-state index contributed by atoms with van der Waals surface area (Å²) in [6, 6.07) is 10.1. The quantitative estimate of drug-likeness (QED) is 0.744. The highest BCUT2D eigenvalue weighted by Gasteiger charge is 2.23. The molecule has 0 spiro atoms. The topological polar surface area (TPSA) is 50.3 Å². The Balaban J connectivity index is 1.42. The zero-order valence-corrected chi connectivity index (χ0v) is 14.7. The molecule has 1 saturated heterocycles. The Labute approximate surface area is 153 Å². The lowest BCUT2D eigenvalue weighted by atomic mass is 9.90. The minimum absolute atomic E-state index is 0.0438. The third-order valence-corrected chi connectivity index (χ3v) is 4.95. The SMILES string of the molecule is O=C(CCC(=O)N1CCC(Cc2ccc(F)cc2)CC1)c1cccnc1. The number of rotatable bonds is 6. The molecule has 0 radical (unpaired) electrons. The first-order valence-electron chi connectivity index (χ1n) is 9.07. The lowest BCUT2D eigenvalue weighted by molar-refractivity contribution is -0.132. The van der Waals surface area contributed by atoms with Gasteiger partial charge in [0.1, 0.15) is 5.82 Å². The number of aromatic nitrogens is 1. The van der Waals surface area contributed by atoms with Crippen LogP contribution in [0.5, 0.6) is 0 Å². The molecule has 0 N–H and O–H groups in total. The summed E-state index contributed by atoms with van der Waals surface area (Å²) < 4.78 is 13.0. The molecule has 0 unspecified atom stereocenters. The van der Waals surface area contributed by atoms with Crippen LogP contribution in [-0.4, -0.2) is 34.7 Å². The molecule has 4 nitrogen and oxygen atoms in total. The molecule has 2 heterocycles. The number of piperidine rings is 1. The standard InChI is InChI=1S/C21H23FN2O2/c22-19-5-3-16(4-6-19)14-17-9-12-24(13-10-17)21(26)8-7-20(25)18-2-1-11-23-15-18/h1-6,11,15,17H,7-10,12-14H2. The molecule has 0 atom stereocenters. The van der Waals surface area contributed by atoms with Gasteiger partial charge in [0.05, 0.1) is 0 Å². The maximum absolute atomic E-state index is 13.0. The predicted molar refractivity (Wildman–Crippen MR) is 97.2 cm³/mol. The van der Waals surface area contributed by atoms with Gasteiger partial charge in [-0.2, -0.15) is 0 Å². The van der Waals surface area contributed by atoms with Crippen molar-refractivity contribution in [3.63, 3.8) is 0 Å². The van der Waals surface area contributed by atoms with Gasteiger partial charge in [0.15, 0.2) is 5.78 Å². The fraction of sp³-hybridized carbons (Fsp3) is 0.381. The van der Waals surface area contributed by atoms with Crippen molar-refractivity contribution in [1.29, 1.82) is 0 Å². The molecule has 1 aromatic heterocycles. The fourth-order valence-corrected chi connectivity index (χ4v) is 3.39. The summed E-state index contributed by atoms with van der Waals surface area (Å²) in [6.07, 6.45) is 6.43. The first-order chi connectivity index (χ1) is 12.6. The van der Waals surface area contributed by atoms with Crippen LogP contribution in [0.4, 0.5) is 4.39 Å². The Hall–Kier alpha value is -2.56. The van der Waals surface area contributed by atoms with E-state index in [9.17, 15) is 14.0 Å². The number of amides is 1. The third-order valence-electron chi connectivity index (χ3n) is 4.95. The highest BCUT2D eigenvalue weighted by Crippen LogP contribution is 2.22. The van der Waals surface area contributed by atoms with Crippen molar-refractivity contribution in [3.05, 3.63) is 65.7 Å². The van der Waals surface area contributed by atoms with Gasteiger partial charge in [-0.05, 0) is 55.0 Å². The van der Waals surface area contributed by atoms with Crippen molar-refractivity contribution in [2.75, 3.05) is 13.1 Å². The fourth-order valence-electron chi connectivity index (χ4n) is 3.39. The maximum Gasteiger partial charge on any atom is 0.223 e. The molecule has 2 aromatic rings. The molecule has 1 amide bonds. The molecule has 3 rings (SSSR count). The first-order valence-corrected chi connectivity index (χ1v) is 9.07. The van der Waals surface area contributed by atoms with Crippen molar-refractivity contribution in [3.8, 4) is 0 Å². The second kappa shape index (κ2) is 8.70. The maximum atomic E-state index is 13.0. The lowest BCUT2D eigenvalue weighted by Crippen LogP contribution is -2.39. The number of nitrogens with zero attached hydrogens (tertiary/aromatic N) is 2. The highest BCUT2D eigenvalue weighted by atomic mass is 19.1. The Morgan fingerprint density at radius 3 is 2.46 bits per heavy atom. The van der Waals surface area contributed by atoms with E-state index in [2.05, 4.69) is 4.98 Å². The van der Waals surface area contributed by atoms with Crippen LogP contribution >= 0.6 is 0 Å². The average molecular weight is 354 g/mol. The monoisotopic (exact) mass is 354 g/mol. The molecular weight excluding hydrogens is 331 g/mol. The Morgan fingerprint density at radius 1 is 1.08 bits per heavy atom. The van der Waals surface area contributed by atoms with Gasteiger partial charge in [-0.3, -0.25) is 14.6 Å². The summed E-state index contributed by atoms with van der Waals surface area (Å²) >= 11 is 0. The molecule has 26 heavy (non-hydrogen) atoms. The number of halogens is 1. The largest absolute Gasteiger partial charge is 0.343 e. The minimum atomic E-state index is -0.213. The molecule has 1 fully saturated rings. The van der Waals surface area contributed by atoms with Crippen LogP contribution in [-0.2, 0) is 11.2 Å². The van der Waals surface area contributed by atoms with Crippen LogP contribution in [0, 0.1) is 11.7 Å². The van der Waals surface area contributed by atoms with Gasteiger partial charge in [0.2, 0.25) is 5.91 Å². The molecule has 0 saturated carbocycles. The second-order valence-corrected chi connectivity index (χ2v) is 6.82. The number of hydrogen-bond acceptors (Lipinski definition) is 3. The summed E-state index contributed by atoms with van der Waals surface area (Å²) in [6.45, 7) is 1.46. The Bertz CT molecular complexity index is 738. The molecule has 136 valence electrons. The summed E-state index contributed by atoms with van der Waals surface area (Å²) in [5.41, 5.74) is 1.69. The van der Waals surface area contributed by atoms with Crippen LogP contribution in [0.25, 0.3) is 0 Å². The van der Waals surface area contributed by atoms with E-state index in [1.54, 1.807) is 18.3 Å². The summed E-state index contributed by atoms with van der Waals surface area (Å²) in [5, 5.41) is 0. The van der Waals surface area contributed by atoms with Gasteiger partial charge in [0, 0.05) is 43.9 Å². The number of benzene rings is 1. The summed E-state index contributed by atoms with van der Waals surface area (Å²) in [7, 11) is 0. The molecule has 0 bridgehead atoms. The number of pyridine rings is 1. The molecule has 5 heteroatoms. The van der Waals surface area contributed by atoms with Crippen LogP contribution in [0.3, 0.4) is 0 Å². The molecule has 1 aliphatic heterocycles. The van der Waals surface area contributed by atoms with Gasteiger partial charge in [-0.15, -0.1) is 0 Å². The minimum Gasteiger partial charge on any atom is -0.343 e. The molecule has 1 aliphatic rings. The van der Waals surface area contributed by atoms with Crippen LogP contribution in [0.15, 0.2) is 48.8 Å². The van der Waals surface area contributed by atoms with E-state index in [4.69, 9.17) is 0 Å². The third kappa shape index (κ3) is 4.97.